The highest BCUT2D eigenvalue weighted by molar-refractivity contribution is 7.16. The molecule has 0 aliphatic carbocycles. The number of aromatic nitrogens is 4. The summed E-state index contributed by atoms with van der Waals surface area (Å²) in [6.07, 6.45) is 2.48. The molecule has 0 unspecified atom stereocenters. The summed E-state index contributed by atoms with van der Waals surface area (Å²) in [4.78, 5) is 0.848. The first-order chi connectivity index (χ1) is 7.42. The Kier molecular flexibility index (Phi) is 1.96. The monoisotopic (exact) mass is 216 g/mol. The Hall–Kier alpha value is -1.75. The Labute approximate surface area is 90.2 Å². The Morgan fingerprint density at radius 3 is 2.87 bits per heavy atom. The van der Waals surface area contributed by atoms with Gasteiger partial charge in [-0.2, -0.15) is 9.61 Å². The summed E-state index contributed by atoms with van der Waals surface area (Å²) in [5, 5.41) is 13.2. The molecule has 0 atom stereocenters. The van der Waals surface area contributed by atoms with Crippen LogP contribution in [0.15, 0.2) is 36.7 Å². The average molecular weight is 216 g/mol. The van der Waals surface area contributed by atoms with Gasteiger partial charge >= 0.3 is 0 Å². The molecule has 0 N–H and O–H groups in total. The first-order valence-corrected chi connectivity index (χ1v) is 5.43. The predicted molar refractivity (Wildman–Crippen MR) is 57.9 cm³/mol. The Bertz CT molecular complexity index is 541. The summed E-state index contributed by atoms with van der Waals surface area (Å²) in [6, 6.07) is 10.3. The second-order valence-corrected chi connectivity index (χ2v) is 4.26. The standard InChI is InChI=1S/C10H8N4S/c1-2-4-8(5-3-1)6-9-13-14-7-11-12-10(14)15-9/h1-5,7H,6H2. The summed E-state index contributed by atoms with van der Waals surface area (Å²) in [5.41, 5.74) is 1.27. The van der Waals surface area contributed by atoms with Gasteiger partial charge < -0.3 is 0 Å². The van der Waals surface area contributed by atoms with Gasteiger partial charge in [0.2, 0.25) is 4.96 Å². The Balaban J connectivity index is 1.93. The van der Waals surface area contributed by atoms with Crippen molar-refractivity contribution in [2.45, 2.75) is 6.42 Å². The first kappa shape index (κ1) is 8.55. The number of hydrogen-bond acceptors (Lipinski definition) is 4. The maximum atomic E-state index is 4.38. The molecule has 74 valence electrons. The topological polar surface area (TPSA) is 43.1 Å². The minimum Gasteiger partial charge on any atom is -0.190 e. The molecule has 0 radical (unpaired) electrons. The Morgan fingerprint density at radius 1 is 1.20 bits per heavy atom. The van der Waals surface area contributed by atoms with Gasteiger partial charge in [0.05, 0.1) is 0 Å². The van der Waals surface area contributed by atoms with Gasteiger partial charge in [-0.05, 0) is 5.56 Å². The van der Waals surface area contributed by atoms with Crippen LogP contribution in [0.3, 0.4) is 0 Å². The normalized spacial score (nSPS) is 10.9. The molecule has 0 saturated carbocycles. The van der Waals surface area contributed by atoms with Crippen LogP contribution in [-0.4, -0.2) is 19.8 Å². The molecule has 15 heavy (non-hydrogen) atoms. The van der Waals surface area contributed by atoms with Crippen LogP contribution in [0.2, 0.25) is 0 Å². The minimum atomic E-state index is 0.848. The molecule has 2 aromatic heterocycles. The van der Waals surface area contributed by atoms with Crippen molar-refractivity contribution in [2.24, 2.45) is 0 Å². The SMILES string of the molecule is c1ccc(Cc2nn3cnnc3s2)cc1. The third-order valence-corrected chi connectivity index (χ3v) is 3.04. The highest BCUT2D eigenvalue weighted by atomic mass is 32.1. The fraction of sp³-hybridized carbons (Fsp3) is 0.100. The molecule has 0 fully saturated rings. The zero-order valence-electron chi connectivity index (χ0n) is 7.87. The van der Waals surface area contributed by atoms with E-state index in [0.717, 1.165) is 16.4 Å². The maximum Gasteiger partial charge on any atom is 0.234 e. The summed E-state index contributed by atoms with van der Waals surface area (Å²) in [7, 11) is 0. The van der Waals surface area contributed by atoms with Crippen LogP contribution in [0.4, 0.5) is 0 Å². The number of fused-ring (bicyclic) bond motifs is 1. The van der Waals surface area contributed by atoms with E-state index in [2.05, 4.69) is 27.4 Å². The van der Waals surface area contributed by atoms with E-state index in [1.54, 1.807) is 22.2 Å². The lowest BCUT2D eigenvalue weighted by Gasteiger charge is -1.94. The molecule has 0 bridgehead atoms. The molecule has 0 spiro atoms. The lowest BCUT2D eigenvalue weighted by atomic mass is 10.2. The van der Waals surface area contributed by atoms with Crippen LogP contribution in [-0.2, 0) is 6.42 Å². The van der Waals surface area contributed by atoms with Gasteiger partial charge in [-0.15, -0.1) is 10.2 Å². The van der Waals surface area contributed by atoms with Crippen molar-refractivity contribution in [3.8, 4) is 0 Å². The highest BCUT2D eigenvalue weighted by Crippen LogP contribution is 2.15. The van der Waals surface area contributed by atoms with Crippen molar-refractivity contribution >= 4 is 16.3 Å². The highest BCUT2D eigenvalue weighted by Gasteiger charge is 2.05. The molecule has 0 saturated heterocycles. The Morgan fingerprint density at radius 2 is 2.07 bits per heavy atom. The zero-order chi connectivity index (χ0) is 10.1. The lowest BCUT2D eigenvalue weighted by Crippen LogP contribution is -1.88. The van der Waals surface area contributed by atoms with E-state index in [-0.39, 0.29) is 0 Å². The fourth-order valence-corrected chi connectivity index (χ4v) is 2.29. The molecule has 0 amide bonds. The number of benzene rings is 1. The van der Waals surface area contributed by atoms with E-state index in [0.29, 0.717) is 0 Å². The predicted octanol–water partition coefficient (Wildman–Crippen LogP) is 1.78. The first-order valence-electron chi connectivity index (χ1n) is 4.61. The molecular weight excluding hydrogens is 208 g/mol. The van der Waals surface area contributed by atoms with Crippen molar-refractivity contribution in [1.82, 2.24) is 19.8 Å². The van der Waals surface area contributed by atoms with Crippen molar-refractivity contribution in [1.29, 1.82) is 0 Å². The van der Waals surface area contributed by atoms with E-state index in [4.69, 9.17) is 0 Å². The van der Waals surface area contributed by atoms with E-state index < -0.39 is 0 Å². The summed E-state index contributed by atoms with van der Waals surface area (Å²) >= 11 is 1.58. The fourth-order valence-electron chi connectivity index (χ4n) is 1.44. The van der Waals surface area contributed by atoms with Crippen LogP contribution in [0.1, 0.15) is 10.6 Å². The van der Waals surface area contributed by atoms with Crippen molar-refractivity contribution in [3.05, 3.63) is 47.2 Å². The van der Waals surface area contributed by atoms with E-state index in [1.807, 2.05) is 18.2 Å². The van der Waals surface area contributed by atoms with Crippen LogP contribution >= 0.6 is 11.3 Å². The lowest BCUT2D eigenvalue weighted by molar-refractivity contribution is 0.909. The van der Waals surface area contributed by atoms with Crippen LogP contribution in [0.25, 0.3) is 4.96 Å². The molecule has 3 rings (SSSR count). The van der Waals surface area contributed by atoms with Crippen molar-refractivity contribution in [3.63, 3.8) is 0 Å². The summed E-state index contributed by atoms with van der Waals surface area (Å²) < 4.78 is 1.71. The molecular formula is C10H8N4S. The minimum absolute atomic E-state index is 0.848. The number of rotatable bonds is 2. The van der Waals surface area contributed by atoms with Gasteiger partial charge in [0.15, 0.2) is 0 Å². The summed E-state index contributed by atoms with van der Waals surface area (Å²) in [6.45, 7) is 0. The van der Waals surface area contributed by atoms with E-state index in [1.165, 1.54) is 5.56 Å². The maximum absolute atomic E-state index is 4.38. The van der Waals surface area contributed by atoms with Gasteiger partial charge in [-0.1, -0.05) is 41.7 Å². The molecule has 5 heteroatoms. The molecule has 0 aliphatic heterocycles. The second kappa shape index (κ2) is 3.43. The number of hydrogen-bond donors (Lipinski definition) is 0. The van der Waals surface area contributed by atoms with Crippen molar-refractivity contribution < 1.29 is 0 Å². The third kappa shape index (κ3) is 1.61. The van der Waals surface area contributed by atoms with Crippen LogP contribution < -0.4 is 0 Å². The van der Waals surface area contributed by atoms with Gasteiger partial charge in [-0.3, -0.25) is 0 Å². The molecule has 0 aliphatic rings. The van der Waals surface area contributed by atoms with Gasteiger partial charge in [-0.25, -0.2) is 0 Å². The van der Waals surface area contributed by atoms with E-state index >= 15 is 0 Å². The van der Waals surface area contributed by atoms with Gasteiger partial charge in [0.25, 0.3) is 0 Å². The van der Waals surface area contributed by atoms with Gasteiger partial charge in [0.1, 0.15) is 11.3 Å². The summed E-state index contributed by atoms with van der Waals surface area (Å²) in [5.74, 6) is 0. The smallest absolute Gasteiger partial charge is 0.190 e. The quantitative estimate of drug-likeness (QED) is 0.655. The number of nitrogens with zero attached hydrogens (tertiary/aromatic N) is 4. The second-order valence-electron chi connectivity index (χ2n) is 3.22. The molecule has 3 aromatic rings. The molecule has 2 heterocycles. The molecule has 1 aromatic carbocycles. The largest absolute Gasteiger partial charge is 0.234 e. The van der Waals surface area contributed by atoms with E-state index in [9.17, 15) is 0 Å². The van der Waals surface area contributed by atoms with Crippen LogP contribution in [0, 0.1) is 0 Å². The zero-order valence-corrected chi connectivity index (χ0v) is 8.68. The van der Waals surface area contributed by atoms with Crippen LogP contribution in [0.5, 0.6) is 0 Å². The van der Waals surface area contributed by atoms with Gasteiger partial charge in [0, 0.05) is 6.42 Å². The molecule has 4 nitrogen and oxygen atoms in total. The average Bonchev–Trinajstić information content (AvgIpc) is 2.79. The third-order valence-electron chi connectivity index (χ3n) is 2.13. The van der Waals surface area contributed by atoms with Crippen molar-refractivity contribution in [2.75, 3.05) is 0 Å².